The number of hydrogen-bond acceptors (Lipinski definition) is 5. The summed E-state index contributed by atoms with van der Waals surface area (Å²) in [5, 5.41) is 16.7. The first kappa shape index (κ1) is 25.8. The Hall–Kier alpha value is -4.25. The largest absolute Gasteiger partial charge is 0.478 e. The molecule has 9 nitrogen and oxygen atoms in total. The van der Waals surface area contributed by atoms with Crippen molar-refractivity contribution in [3.05, 3.63) is 77.2 Å². The minimum absolute atomic E-state index is 0.0230. The minimum atomic E-state index is -3.73. The normalized spacial score (nSPS) is 11.5. The summed E-state index contributed by atoms with van der Waals surface area (Å²) in [5.41, 5.74) is 3.06. The Morgan fingerprint density at radius 3 is 2.41 bits per heavy atom. The molecule has 0 unspecified atom stereocenters. The number of amides is 1. The molecule has 0 atom stereocenters. The fourth-order valence-corrected chi connectivity index (χ4v) is 5.22. The summed E-state index contributed by atoms with van der Waals surface area (Å²) in [6.45, 7) is 3.51. The molecule has 0 aliphatic heterocycles. The van der Waals surface area contributed by atoms with E-state index in [-0.39, 0.29) is 28.3 Å². The van der Waals surface area contributed by atoms with Gasteiger partial charge in [-0.3, -0.25) is 9.52 Å². The van der Waals surface area contributed by atoms with Gasteiger partial charge < -0.3 is 10.4 Å². The van der Waals surface area contributed by atoms with Gasteiger partial charge in [-0.25, -0.2) is 22.1 Å². The lowest BCUT2D eigenvalue weighted by Gasteiger charge is -2.16. The van der Waals surface area contributed by atoms with Gasteiger partial charge in [0.15, 0.2) is 0 Å². The Balaban J connectivity index is 2.07. The number of aromatic carboxylic acids is 1. The van der Waals surface area contributed by atoms with Crippen molar-refractivity contribution in [1.82, 2.24) is 14.9 Å². The number of sulfonamides is 1. The maximum atomic E-state index is 13.6. The van der Waals surface area contributed by atoms with Crippen molar-refractivity contribution in [2.45, 2.75) is 20.3 Å². The Morgan fingerprint density at radius 2 is 1.78 bits per heavy atom. The molecule has 1 amide bonds. The number of carbonyl (C=O) groups is 2. The van der Waals surface area contributed by atoms with Crippen LogP contribution in [-0.4, -0.2) is 47.8 Å². The van der Waals surface area contributed by atoms with Gasteiger partial charge in [0, 0.05) is 18.2 Å². The van der Waals surface area contributed by atoms with Crippen LogP contribution in [0.4, 0.5) is 10.1 Å². The van der Waals surface area contributed by atoms with Crippen LogP contribution in [0.2, 0.25) is 0 Å². The first-order valence-corrected chi connectivity index (χ1v) is 13.1. The zero-order chi connectivity index (χ0) is 26.9. The van der Waals surface area contributed by atoms with E-state index in [1.54, 1.807) is 26.0 Å². The lowest BCUT2D eigenvalue weighted by atomic mass is 9.96. The highest BCUT2D eigenvalue weighted by Gasteiger charge is 2.24. The number of carboxylic acids is 1. The molecule has 11 heteroatoms. The van der Waals surface area contributed by atoms with Crippen molar-refractivity contribution in [2.24, 2.45) is 0 Å². The topological polar surface area (TPSA) is 130 Å². The first-order chi connectivity index (χ1) is 17.5. The van der Waals surface area contributed by atoms with E-state index in [0.717, 1.165) is 0 Å². The van der Waals surface area contributed by atoms with Crippen molar-refractivity contribution in [2.75, 3.05) is 17.5 Å². The monoisotopic (exact) mass is 524 g/mol. The molecule has 4 rings (SSSR count). The maximum Gasteiger partial charge on any atom is 0.335 e. The summed E-state index contributed by atoms with van der Waals surface area (Å²) in [7, 11) is -2.27. The molecule has 2 aromatic heterocycles. The zero-order valence-electron chi connectivity index (χ0n) is 20.4. The van der Waals surface area contributed by atoms with Gasteiger partial charge in [-0.05, 0) is 66.9 Å². The quantitative estimate of drug-likeness (QED) is 0.315. The molecule has 2 heterocycles. The molecule has 3 N–H and O–H groups in total. The Labute approximate surface area is 213 Å². The molecule has 0 saturated heterocycles. The lowest BCUT2D eigenvalue weighted by Crippen LogP contribution is -2.19. The number of aryl methyl sites for hydroxylation is 1. The SMILES string of the molecule is CCCS(=O)(=O)Nc1cn2nc(-c3ccc(F)cc3)c(C(=O)NC)c2cc1-c1cc(C(=O)O)ccc1C. The zero-order valence-corrected chi connectivity index (χ0v) is 21.2. The fraction of sp³-hybridized carbons (Fsp3) is 0.192. The number of hydrogen-bond donors (Lipinski definition) is 3. The van der Waals surface area contributed by atoms with E-state index in [1.807, 2.05) is 0 Å². The molecule has 0 bridgehead atoms. The van der Waals surface area contributed by atoms with Crippen LogP contribution in [0.1, 0.15) is 39.6 Å². The molecule has 2 aromatic carbocycles. The van der Waals surface area contributed by atoms with Gasteiger partial charge in [0.1, 0.15) is 11.5 Å². The standard InChI is InChI=1S/C26H25FN4O5S/c1-4-11-37(35,36)30-21-14-31-22(13-20(21)19-12-17(26(33)34)6-5-15(19)2)23(25(32)28-3)24(29-31)16-7-9-18(27)10-8-16/h5-10,12-14,30H,4,11H2,1-3H3,(H,28,32)(H,33,34). The number of pyridine rings is 1. The second kappa shape index (κ2) is 10.0. The number of carbonyl (C=O) groups excluding carboxylic acids is 1. The molecule has 4 aromatic rings. The lowest BCUT2D eigenvalue weighted by molar-refractivity contribution is 0.0696. The van der Waals surface area contributed by atoms with Crippen molar-refractivity contribution >= 4 is 33.1 Å². The summed E-state index contributed by atoms with van der Waals surface area (Å²) in [6.07, 6.45) is 1.84. The number of benzene rings is 2. The molecular formula is C26H25FN4O5S. The van der Waals surface area contributed by atoms with Gasteiger partial charge >= 0.3 is 5.97 Å². The van der Waals surface area contributed by atoms with Crippen LogP contribution >= 0.6 is 0 Å². The number of nitrogens with one attached hydrogen (secondary N) is 2. The van der Waals surface area contributed by atoms with E-state index in [1.165, 1.54) is 54.2 Å². The number of nitrogens with zero attached hydrogens (tertiary/aromatic N) is 2. The highest BCUT2D eigenvalue weighted by atomic mass is 32.2. The fourth-order valence-electron chi connectivity index (χ4n) is 4.09. The summed E-state index contributed by atoms with van der Waals surface area (Å²) in [5.74, 6) is -2.15. The Kier molecular flexibility index (Phi) is 6.99. The number of fused-ring (bicyclic) bond motifs is 1. The van der Waals surface area contributed by atoms with Crippen LogP contribution in [0, 0.1) is 12.7 Å². The molecule has 37 heavy (non-hydrogen) atoms. The second-order valence-corrected chi connectivity index (χ2v) is 10.3. The van der Waals surface area contributed by atoms with Crippen LogP contribution in [0.3, 0.4) is 0 Å². The first-order valence-electron chi connectivity index (χ1n) is 11.4. The summed E-state index contributed by atoms with van der Waals surface area (Å²) < 4.78 is 43.0. The van der Waals surface area contributed by atoms with E-state index in [0.29, 0.717) is 34.2 Å². The predicted octanol–water partition coefficient (Wildman–Crippen LogP) is 4.33. The molecule has 0 spiro atoms. The summed E-state index contributed by atoms with van der Waals surface area (Å²) >= 11 is 0. The smallest absolute Gasteiger partial charge is 0.335 e. The van der Waals surface area contributed by atoms with Crippen LogP contribution in [0.15, 0.2) is 54.7 Å². The van der Waals surface area contributed by atoms with Crippen LogP contribution in [0.25, 0.3) is 27.9 Å². The van der Waals surface area contributed by atoms with E-state index >= 15 is 0 Å². The third kappa shape index (κ3) is 5.17. The highest BCUT2D eigenvalue weighted by molar-refractivity contribution is 7.92. The van der Waals surface area contributed by atoms with Crippen molar-refractivity contribution in [1.29, 1.82) is 0 Å². The highest BCUT2D eigenvalue weighted by Crippen LogP contribution is 2.36. The Morgan fingerprint density at radius 1 is 1.08 bits per heavy atom. The van der Waals surface area contributed by atoms with Gasteiger partial charge in [-0.1, -0.05) is 13.0 Å². The molecule has 0 fully saturated rings. The molecule has 192 valence electrons. The predicted molar refractivity (Wildman–Crippen MR) is 139 cm³/mol. The van der Waals surface area contributed by atoms with Gasteiger partial charge in [-0.15, -0.1) is 0 Å². The summed E-state index contributed by atoms with van der Waals surface area (Å²) in [4.78, 5) is 24.6. The van der Waals surface area contributed by atoms with Crippen LogP contribution in [-0.2, 0) is 10.0 Å². The molecular weight excluding hydrogens is 499 g/mol. The van der Waals surface area contributed by atoms with Crippen molar-refractivity contribution < 1.29 is 27.5 Å². The minimum Gasteiger partial charge on any atom is -0.478 e. The average Bonchev–Trinajstić information content (AvgIpc) is 3.21. The van der Waals surface area contributed by atoms with Gasteiger partial charge in [0.05, 0.1) is 34.3 Å². The van der Waals surface area contributed by atoms with Crippen molar-refractivity contribution in [3.63, 3.8) is 0 Å². The maximum absolute atomic E-state index is 13.6. The van der Waals surface area contributed by atoms with Crippen LogP contribution in [0.5, 0.6) is 0 Å². The van der Waals surface area contributed by atoms with Gasteiger partial charge in [0.25, 0.3) is 5.91 Å². The number of aromatic nitrogens is 2. The molecule has 0 radical (unpaired) electrons. The molecule has 0 aliphatic rings. The van der Waals surface area contributed by atoms with Gasteiger partial charge in [-0.2, -0.15) is 5.10 Å². The van der Waals surface area contributed by atoms with Gasteiger partial charge in [0.2, 0.25) is 10.0 Å². The van der Waals surface area contributed by atoms with Crippen LogP contribution < -0.4 is 10.0 Å². The summed E-state index contributed by atoms with van der Waals surface area (Å²) in [6, 6.07) is 11.6. The van der Waals surface area contributed by atoms with E-state index in [9.17, 15) is 27.5 Å². The number of rotatable bonds is 8. The second-order valence-electron chi connectivity index (χ2n) is 8.50. The number of carboxylic acid groups (broad SMARTS) is 1. The van der Waals surface area contributed by atoms with E-state index < -0.39 is 27.7 Å². The number of anilines is 1. The molecule has 0 saturated carbocycles. The Bertz CT molecular complexity index is 1630. The average molecular weight is 525 g/mol. The third-order valence-corrected chi connectivity index (χ3v) is 7.33. The van der Waals surface area contributed by atoms with E-state index in [4.69, 9.17) is 0 Å². The van der Waals surface area contributed by atoms with E-state index in [2.05, 4.69) is 15.1 Å². The van der Waals surface area contributed by atoms with Crippen molar-refractivity contribution in [3.8, 4) is 22.4 Å². The number of halogens is 1. The third-order valence-electron chi connectivity index (χ3n) is 5.85. The molecule has 0 aliphatic carbocycles.